The molecule has 3 aliphatic rings. The van der Waals surface area contributed by atoms with Gasteiger partial charge in [0.1, 0.15) is 0 Å². The maximum atomic E-state index is 9.68. The molecule has 3 rings (SSSR count). The molecule has 0 saturated heterocycles. The van der Waals surface area contributed by atoms with Gasteiger partial charge in [0, 0.05) is 0 Å². The van der Waals surface area contributed by atoms with Gasteiger partial charge in [-0.15, -0.1) is 0 Å². The van der Waals surface area contributed by atoms with E-state index in [4.69, 9.17) is 0 Å². The van der Waals surface area contributed by atoms with Gasteiger partial charge in [-0.2, -0.15) is 5.26 Å². The first-order valence-electron chi connectivity index (χ1n) is 13.1. The van der Waals surface area contributed by atoms with Crippen LogP contribution in [0.4, 0.5) is 0 Å². The van der Waals surface area contributed by atoms with Gasteiger partial charge in [-0.25, -0.2) is 0 Å². The fourth-order valence-electron chi connectivity index (χ4n) is 7.28. The Bertz CT molecular complexity index is 465. The third kappa shape index (κ3) is 5.77. The molecule has 3 saturated carbocycles. The van der Waals surface area contributed by atoms with Gasteiger partial charge < -0.3 is 0 Å². The van der Waals surface area contributed by atoms with Crippen LogP contribution < -0.4 is 0 Å². The quantitative estimate of drug-likeness (QED) is 0.383. The lowest BCUT2D eigenvalue weighted by molar-refractivity contribution is 0.0903. The van der Waals surface area contributed by atoms with Crippen LogP contribution in [-0.2, 0) is 0 Å². The summed E-state index contributed by atoms with van der Waals surface area (Å²) >= 11 is 0. The van der Waals surface area contributed by atoms with Crippen molar-refractivity contribution in [3.05, 3.63) is 0 Å². The predicted molar refractivity (Wildman–Crippen MR) is 120 cm³/mol. The van der Waals surface area contributed by atoms with Gasteiger partial charge in [-0.3, -0.25) is 0 Å². The second-order valence-corrected chi connectivity index (χ2v) is 10.9. The summed E-state index contributed by atoms with van der Waals surface area (Å²) in [5, 5.41) is 9.68. The smallest absolute Gasteiger partial charge is 0.0689 e. The van der Waals surface area contributed by atoms with E-state index in [2.05, 4.69) is 19.9 Å². The first-order valence-corrected chi connectivity index (χ1v) is 13.1. The van der Waals surface area contributed by atoms with E-state index in [-0.39, 0.29) is 5.41 Å². The molecule has 160 valence electrons. The molecule has 3 aliphatic carbocycles. The Balaban J connectivity index is 1.36. The number of hydrogen-bond acceptors (Lipinski definition) is 1. The van der Waals surface area contributed by atoms with Gasteiger partial charge in [0.15, 0.2) is 0 Å². The first-order chi connectivity index (χ1) is 13.7. The topological polar surface area (TPSA) is 23.8 Å². The highest BCUT2D eigenvalue weighted by atomic mass is 14.4. The van der Waals surface area contributed by atoms with Crippen molar-refractivity contribution in [3.63, 3.8) is 0 Å². The molecule has 0 spiro atoms. The van der Waals surface area contributed by atoms with Crippen LogP contribution in [0.15, 0.2) is 0 Å². The third-order valence-electron chi connectivity index (χ3n) is 9.21. The Morgan fingerprint density at radius 3 is 1.64 bits per heavy atom. The number of nitriles is 1. The predicted octanol–water partition coefficient (Wildman–Crippen LogP) is 8.68. The zero-order chi connectivity index (χ0) is 19.8. The molecular weight excluding hydrogens is 338 g/mol. The van der Waals surface area contributed by atoms with Crippen LogP contribution in [0, 0.1) is 46.3 Å². The second-order valence-electron chi connectivity index (χ2n) is 10.9. The average molecular weight is 386 g/mol. The van der Waals surface area contributed by atoms with Gasteiger partial charge in [-0.05, 0) is 100 Å². The van der Waals surface area contributed by atoms with Gasteiger partial charge in [-0.1, -0.05) is 58.8 Å². The average Bonchev–Trinajstić information content (AvgIpc) is 2.75. The normalized spacial score (nSPS) is 39.4. The molecule has 0 aromatic rings. The van der Waals surface area contributed by atoms with E-state index in [1.807, 2.05) is 0 Å². The number of nitrogens with zero attached hydrogens (tertiary/aromatic N) is 1. The molecule has 3 fully saturated rings. The summed E-state index contributed by atoms with van der Waals surface area (Å²) in [7, 11) is 0. The minimum atomic E-state index is 0.0399. The summed E-state index contributed by atoms with van der Waals surface area (Å²) in [6.07, 6.45) is 25.3. The van der Waals surface area contributed by atoms with E-state index in [9.17, 15) is 5.26 Å². The van der Waals surface area contributed by atoms with Gasteiger partial charge >= 0.3 is 0 Å². The molecular formula is C27H47N. The highest BCUT2D eigenvalue weighted by Gasteiger charge is 2.39. The Kier molecular flexibility index (Phi) is 8.74. The van der Waals surface area contributed by atoms with Gasteiger partial charge in [0.25, 0.3) is 0 Å². The minimum Gasteiger partial charge on any atom is -0.198 e. The lowest BCUT2D eigenvalue weighted by Crippen LogP contribution is -2.32. The van der Waals surface area contributed by atoms with Crippen molar-refractivity contribution >= 4 is 0 Å². The molecule has 0 bridgehead atoms. The van der Waals surface area contributed by atoms with E-state index in [1.54, 1.807) is 0 Å². The highest BCUT2D eigenvalue weighted by molar-refractivity contribution is 5.02. The molecule has 0 radical (unpaired) electrons. The molecule has 0 heterocycles. The van der Waals surface area contributed by atoms with Gasteiger partial charge in [0.05, 0.1) is 11.5 Å². The fourth-order valence-corrected chi connectivity index (χ4v) is 7.28. The molecule has 0 N–H and O–H groups in total. The van der Waals surface area contributed by atoms with Crippen LogP contribution in [0.3, 0.4) is 0 Å². The van der Waals surface area contributed by atoms with Crippen LogP contribution >= 0.6 is 0 Å². The van der Waals surface area contributed by atoms with Crippen molar-refractivity contribution in [1.82, 2.24) is 0 Å². The zero-order valence-electron chi connectivity index (χ0n) is 19.1. The van der Waals surface area contributed by atoms with E-state index < -0.39 is 0 Å². The van der Waals surface area contributed by atoms with Crippen molar-refractivity contribution in [1.29, 1.82) is 5.26 Å². The van der Waals surface area contributed by atoms with Crippen LogP contribution in [0.25, 0.3) is 0 Å². The summed E-state index contributed by atoms with van der Waals surface area (Å²) in [4.78, 5) is 0. The lowest BCUT2D eigenvalue weighted by Gasteiger charge is -2.43. The minimum absolute atomic E-state index is 0.0399. The van der Waals surface area contributed by atoms with E-state index in [1.165, 1.54) is 109 Å². The van der Waals surface area contributed by atoms with Crippen molar-refractivity contribution in [2.75, 3.05) is 0 Å². The molecule has 0 aromatic carbocycles. The zero-order valence-corrected chi connectivity index (χ0v) is 19.1. The monoisotopic (exact) mass is 385 g/mol. The molecule has 0 amide bonds. The molecule has 1 heteroatoms. The summed E-state index contributed by atoms with van der Waals surface area (Å²) in [6, 6.07) is 2.71. The Labute approximate surface area is 176 Å². The molecule has 28 heavy (non-hydrogen) atoms. The van der Waals surface area contributed by atoms with Crippen LogP contribution in [0.1, 0.15) is 129 Å². The standard InChI is InChI=1S/C27H47N/c1-3-5-6-7-22-8-10-23(11-9-22)24-12-14-25(15-13-24)26-16-19-27(21-28,18-4-2)20-17-26/h22-26H,3-20H2,1-2H3/t22-,23-,24?,25?,26-,27-. The Hall–Kier alpha value is -0.510. The van der Waals surface area contributed by atoms with Crippen molar-refractivity contribution in [2.45, 2.75) is 129 Å². The number of hydrogen-bond donors (Lipinski definition) is 0. The largest absolute Gasteiger partial charge is 0.198 e. The first kappa shape index (κ1) is 22.2. The van der Waals surface area contributed by atoms with E-state index >= 15 is 0 Å². The summed E-state index contributed by atoms with van der Waals surface area (Å²) in [5.74, 6) is 5.10. The number of unbranched alkanes of at least 4 members (excludes halogenated alkanes) is 2. The molecule has 0 atom stereocenters. The molecule has 1 nitrogen and oxygen atoms in total. The molecule has 0 aromatic heterocycles. The molecule has 0 unspecified atom stereocenters. The van der Waals surface area contributed by atoms with Crippen LogP contribution in [-0.4, -0.2) is 0 Å². The fraction of sp³-hybridized carbons (Fsp3) is 0.963. The Morgan fingerprint density at radius 2 is 1.18 bits per heavy atom. The van der Waals surface area contributed by atoms with Crippen molar-refractivity contribution < 1.29 is 0 Å². The van der Waals surface area contributed by atoms with Gasteiger partial charge in [0.2, 0.25) is 0 Å². The summed E-state index contributed by atoms with van der Waals surface area (Å²) in [5.41, 5.74) is 0.0399. The SMILES string of the molecule is CCCCC[C@H]1CC[C@H](C2CCC([C@H]3CC[C@@](C#N)(CCC)CC3)CC2)CC1. The number of rotatable bonds is 8. The van der Waals surface area contributed by atoms with Crippen LogP contribution in [0.2, 0.25) is 0 Å². The van der Waals surface area contributed by atoms with Crippen molar-refractivity contribution in [3.8, 4) is 6.07 Å². The molecule has 0 aliphatic heterocycles. The van der Waals surface area contributed by atoms with Crippen LogP contribution in [0.5, 0.6) is 0 Å². The highest BCUT2D eigenvalue weighted by Crippen LogP contribution is 2.49. The summed E-state index contributed by atoms with van der Waals surface area (Å²) < 4.78 is 0. The van der Waals surface area contributed by atoms with E-state index in [0.717, 1.165) is 36.0 Å². The maximum absolute atomic E-state index is 9.68. The summed E-state index contributed by atoms with van der Waals surface area (Å²) in [6.45, 7) is 4.57. The lowest BCUT2D eigenvalue weighted by atomic mass is 9.62. The van der Waals surface area contributed by atoms with E-state index in [0.29, 0.717) is 0 Å². The third-order valence-corrected chi connectivity index (χ3v) is 9.21. The Morgan fingerprint density at radius 1 is 0.679 bits per heavy atom. The van der Waals surface area contributed by atoms with Crippen molar-refractivity contribution in [2.24, 2.45) is 35.0 Å². The second kappa shape index (κ2) is 11.0. The maximum Gasteiger partial charge on any atom is 0.0689 e.